The van der Waals surface area contributed by atoms with E-state index in [0.717, 1.165) is 12.5 Å². The number of hydrogen-bond acceptors (Lipinski definition) is 6. The predicted octanol–water partition coefficient (Wildman–Crippen LogP) is 2.71. The Bertz CT molecular complexity index is 1050. The average molecular weight is 405 g/mol. The van der Waals surface area contributed by atoms with Crippen LogP contribution < -0.4 is 10.5 Å². The van der Waals surface area contributed by atoms with Crippen LogP contribution in [0.25, 0.3) is 11.1 Å². The smallest absolute Gasteiger partial charge is 0.434 e. The number of nitrogens with zero attached hydrogens (tertiary/aromatic N) is 4. The Hall–Kier alpha value is -3.17. The fourth-order valence-corrected chi connectivity index (χ4v) is 3.91. The first kappa shape index (κ1) is 19.2. The Balaban J connectivity index is 1.95. The van der Waals surface area contributed by atoms with Crippen LogP contribution in [0, 0.1) is 0 Å². The zero-order valence-corrected chi connectivity index (χ0v) is 15.9. The molecular formula is C19H18F3N5O2. The number of likely N-dealkylation sites (N-methyl/N-ethyl adjacent to an activating group) is 1. The molecule has 10 heteroatoms. The highest BCUT2D eigenvalue weighted by Crippen LogP contribution is 2.50. The highest BCUT2D eigenvalue weighted by molar-refractivity contribution is 6.07. The van der Waals surface area contributed by atoms with Gasteiger partial charge >= 0.3 is 6.18 Å². The second-order valence-electron chi connectivity index (χ2n) is 7.73. The predicted molar refractivity (Wildman–Crippen MR) is 97.9 cm³/mol. The minimum absolute atomic E-state index is 0.0445. The van der Waals surface area contributed by atoms with Gasteiger partial charge < -0.3 is 10.5 Å². The molecule has 0 radical (unpaired) electrons. The third-order valence-corrected chi connectivity index (χ3v) is 5.09. The lowest BCUT2D eigenvalue weighted by molar-refractivity contribution is -0.140. The van der Waals surface area contributed by atoms with Crippen molar-refractivity contribution in [1.82, 2.24) is 14.9 Å². The molecule has 1 atom stereocenters. The molecule has 2 aliphatic rings. The van der Waals surface area contributed by atoms with E-state index in [0.29, 0.717) is 11.3 Å². The fraction of sp³-hybridized carbons (Fsp3) is 0.368. The molecule has 2 aromatic rings. The number of benzene rings is 1. The molecule has 0 fully saturated rings. The number of ether oxygens (including phenoxy) is 1. The quantitative estimate of drug-likeness (QED) is 0.787. The Labute approximate surface area is 164 Å². The van der Waals surface area contributed by atoms with Gasteiger partial charge in [-0.05, 0) is 31.5 Å². The number of aromatic nitrogens is 2. The van der Waals surface area contributed by atoms with Crippen LogP contribution in [-0.4, -0.2) is 39.4 Å². The standard InChI is InChI=1S/C19H18F3N5O2/c1-17(2)8-18(15(28)27(3)16(23)26-18)12-6-10(4-5-13(12)29-17)11-7-24-9-25-14(11)19(20,21)22/h4-7,9H,8H2,1-3H3,(H2,23,26). The number of carbonyl (C=O) groups excluding carboxylic acids is 1. The summed E-state index contributed by atoms with van der Waals surface area (Å²) in [6.45, 7) is 3.63. The molecule has 1 aromatic carbocycles. The van der Waals surface area contributed by atoms with Crippen LogP contribution in [0.3, 0.4) is 0 Å². The molecule has 3 heterocycles. The van der Waals surface area contributed by atoms with Crippen LogP contribution in [0.5, 0.6) is 5.75 Å². The second kappa shape index (κ2) is 5.91. The number of aliphatic imine (C=N–C) groups is 1. The summed E-state index contributed by atoms with van der Waals surface area (Å²) < 4.78 is 46.2. The van der Waals surface area contributed by atoms with E-state index in [1.54, 1.807) is 0 Å². The van der Waals surface area contributed by atoms with Gasteiger partial charge in [-0.3, -0.25) is 9.69 Å². The molecule has 29 heavy (non-hydrogen) atoms. The summed E-state index contributed by atoms with van der Waals surface area (Å²) in [7, 11) is 1.51. The minimum atomic E-state index is -4.66. The molecule has 4 rings (SSSR count). The normalized spacial score (nSPS) is 23.0. The third-order valence-electron chi connectivity index (χ3n) is 5.09. The van der Waals surface area contributed by atoms with Crippen LogP contribution in [0.15, 0.2) is 35.7 Å². The zero-order chi connectivity index (χ0) is 21.2. The first-order valence-corrected chi connectivity index (χ1v) is 8.79. The lowest BCUT2D eigenvalue weighted by atomic mass is 9.77. The lowest BCUT2D eigenvalue weighted by Crippen LogP contribution is -2.49. The summed E-state index contributed by atoms with van der Waals surface area (Å²) >= 11 is 0. The van der Waals surface area contributed by atoms with Gasteiger partial charge in [0.1, 0.15) is 17.7 Å². The number of hydrogen-bond donors (Lipinski definition) is 1. The molecular weight excluding hydrogens is 387 g/mol. The Kier molecular flexibility index (Phi) is 3.91. The van der Waals surface area contributed by atoms with Gasteiger partial charge in [-0.1, -0.05) is 6.07 Å². The molecule has 1 spiro atoms. The summed E-state index contributed by atoms with van der Waals surface area (Å²) in [4.78, 5) is 25.9. The largest absolute Gasteiger partial charge is 0.487 e. The summed E-state index contributed by atoms with van der Waals surface area (Å²) in [6.07, 6.45) is -2.52. The van der Waals surface area contributed by atoms with Gasteiger partial charge in [0.05, 0.1) is 0 Å². The summed E-state index contributed by atoms with van der Waals surface area (Å²) in [6, 6.07) is 4.50. The topological polar surface area (TPSA) is 93.7 Å². The summed E-state index contributed by atoms with van der Waals surface area (Å²) in [5.74, 6) is 0.0591. The molecule has 1 aromatic heterocycles. The summed E-state index contributed by atoms with van der Waals surface area (Å²) in [5, 5.41) is 0. The molecule has 152 valence electrons. The number of nitrogens with two attached hydrogens (primary N) is 1. The average Bonchev–Trinajstić information content (AvgIpc) is 2.84. The lowest BCUT2D eigenvalue weighted by Gasteiger charge is -2.41. The van der Waals surface area contributed by atoms with Gasteiger partial charge in [0.15, 0.2) is 17.2 Å². The van der Waals surface area contributed by atoms with E-state index in [9.17, 15) is 18.0 Å². The SMILES string of the molecule is CN1C(=O)C2(CC(C)(C)Oc3ccc(-c4cncnc4C(F)(F)F)cc32)N=C1N. The van der Waals surface area contributed by atoms with Crippen LogP contribution in [0.2, 0.25) is 0 Å². The number of guanidine groups is 1. The van der Waals surface area contributed by atoms with Crippen molar-refractivity contribution in [2.45, 2.75) is 37.6 Å². The van der Waals surface area contributed by atoms with Crippen molar-refractivity contribution in [1.29, 1.82) is 0 Å². The summed E-state index contributed by atoms with van der Waals surface area (Å²) in [5.41, 5.74) is 3.12. The number of halogens is 3. The Morgan fingerprint density at radius 2 is 2.00 bits per heavy atom. The van der Waals surface area contributed by atoms with Crippen LogP contribution in [0.1, 0.15) is 31.5 Å². The Morgan fingerprint density at radius 1 is 1.28 bits per heavy atom. The van der Waals surface area contributed by atoms with Gasteiger partial charge in [-0.15, -0.1) is 0 Å². The van der Waals surface area contributed by atoms with Crippen LogP contribution in [-0.2, 0) is 16.5 Å². The number of alkyl halides is 3. The van der Waals surface area contributed by atoms with Crippen molar-refractivity contribution in [3.8, 4) is 16.9 Å². The monoisotopic (exact) mass is 405 g/mol. The molecule has 0 saturated heterocycles. The third kappa shape index (κ3) is 2.90. The highest BCUT2D eigenvalue weighted by Gasteiger charge is 2.55. The Morgan fingerprint density at radius 3 is 2.62 bits per heavy atom. The van der Waals surface area contributed by atoms with Crippen molar-refractivity contribution >= 4 is 11.9 Å². The maximum absolute atomic E-state index is 13.4. The number of rotatable bonds is 1. The van der Waals surface area contributed by atoms with Gasteiger partial charge in [0, 0.05) is 30.8 Å². The van der Waals surface area contributed by atoms with Crippen molar-refractivity contribution in [3.63, 3.8) is 0 Å². The van der Waals surface area contributed by atoms with Crippen molar-refractivity contribution in [2.75, 3.05) is 7.05 Å². The van der Waals surface area contributed by atoms with E-state index in [-0.39, 0.29) is 29.4 Å². The van der Waals surface area contributed by atoms with E-state index < -0.39 is 23.0 Å². The van der Waals surface area contributed by atoms with Crippen molar-refractivity contribution in [2.24, 2.45) is 10.7 Å². The van der Waals surface area contributed by atoms with Gasteiger partial charge in [0.25, 0.3) is 5.91 Å². The molecule has 0 saturated carbocycles. The maximum atomic E-state index is 13.4. The van der Waals surface area contributed by atoms with Crippen LogP contribution >= 0.6 is 0 Å². The number of amides is 1. The van der Waals surface area contributed by atoms with E-state index >= 15 is 0 Å². The molecule has 7 nitrogen and oxygen atoms in total. The van der Waals surface area contributed by atoms with E-state index in [2.05, 4.69) is 15.0 Å². The van der Waals surface area contributed by atoms with Crippen LogP contribution in [0.4, 0.5) is 13.2 Å². The fourth-order valence-electron chi connectivity index (χ4n) is 3.91. The molecule has 2 N–H and O–H groups in total. The molecule has 1 unspecified atom stereocenters. The van der Waals surface area contributed by atoms with E-state index in [4.69, 9.17) is 10.5 Å². The zero-order valence-electron chi connectivity index (χ0n) is 15.9. The van der Waals surface area contributed by atoms with E-state index in [1.807, 2.05) is 13.8 Å². The van der Waals surface area contributed by atoms with Gasteiger partial charge in [0.2, 0.25) is 0 Å². The molecule has 0 bridgehead atoms. The van der Waals surface area contributed by atoms with E-state index in [1.165, 1.54) is 30.1 Å². The van der Waals surface area contributed by atoms with Gasteiger partial charge in [-0.25, -0.2) is 15.0 Å². The highest BCUT2D eigenvalue weighted by atomic mass is 19.4. The maximum Gasteiger partial charge on any atom is 0.434 e. The first-order chi connectivity index (χ1) is 13.4. The van der Waals surface area contributed by atoms with Crippen molar-refractivity contribution < 1.29 is 22.7 Å². The minimum Gasteiger partial charge on any atom is -0.487 e. The molecule has 1 amide bonds. The number of carbonyl (C=O) groups is 1. The van der Waals surface area contributed by atoms with Gasteiger partial charge in [-0.2, -0.15) is 13.2 Å². The van der Waals surface area contributed by atoms with Crippen molar-refractivity contribution in [3.05, 3.63) is 42.0 Å². The number of fused-ring (bicyclic) bond motifs is 2. The first-order valence-electron chi connectivity index (χ1n) is 8.79. The molecule has 2 aliphatic heterocycles. The molecule has 0 aliphatic carbocycles. The second-order valence-corrected chi connectivity index (χ2v) is 7.73.